The fraction of sp³-hybridized carbons (Fsp3) is 0.308. The van der Waals surface area contributed by atoms with Crippen molar-refractivity contribution in [3.05, 3.63) is 35.2 Å². The van der Waals surface area contributed by atoms with Crippen molar-refractivity contribution in [1.29, 1.82) is 0 Å². The van der Waals surface area contributed by atoms with Crippen LogP contribution >= 0.6 is 0 Å². The number of hydrogen-bond acceptors (Lipinski definition) is 5. The SMILES string of the molecule is CCc1c(C)nc(-c2cc(C)ccn2)nc1NN. The summed E-state index contributed by atoms with van der Waals surface area (Å²) in [6.45, 7) is 6.03. The van der Waals surface area contributed by atoms with Crippen LogP contribution in [0.15, 0.2) is 18.3 Å². The van der Waals surface area contributed by atoms with E-state index in [1.807, 2.05) is 26.0 Å². The van der Waals surface area contributed by atoms with E-state index >= 15 is 0 Å². The summed E-state index contributed by atoms with van der Waals surface area (Å²) in [6, 6.07) is 3.90. The second-order valence-corrected chi connectivity index (χ2v) is 4.18. The molecule has 0 radical (unpaired) electrons. The molecule has 0 amide bonds. The number of aryl methyl sites for hydroxylation is 2. The Kier molecular flexibility index (Phi) is 3.53. The Bertz CT molecular complexity index is 565. The second kappa shape index (κ2) is 5.10. The Balaban J connectivity index is 2.56. The fourth-order valence-corrected chi connectivity index (χ4v) is 1.91. The van der Waals surface area contributed by atoms with E-state index in [0.29, 0.717) is 11.6 Å². The Morgan fingerprint density at radius 3 is 2.67 bits per heavy atom. The Morgan fingerprint density at radius 2 is 2.06 bits per heavy atom. The van der Waals surface area contributed by atoms with Gasteiger partial charge in [-0.3, -0.25) is 4.98 Å². The van der Waals surface area contributed by atoms with Crippen molar-refractivity contribution < 1.29 is 0 Å². The molecule has 2 rings (SSSR count). The standard InChI is InChI=1S/C13H17N5/c1-4-10-9(3)16-13(17-12(10)18-14)11-7-8(2)5-6-15-11/h5-7H,4,14H2,1-3H3,(H,16,17,18). The number of pyridine rings is 1. The smallest absolute Gasteiger partial charge is 0.180 e. The van der Waals surface area contributed by atoms with Crippen molar-refractivity contribution in [3.63, 3.8) is 0 Å². The number of nitrogens with one attached hydrogen (secondary N) is 1. The van der Waals surface area contributed by atoms with Gasteiger partial charge in [-0.15, -0.1) is 0 Å². The third kappa shape index (κ3) is 2.31. The molecule has 0 fully saturated rings. The van der Waals surface area contributed by atoms with Gasteiger partial charge in [-0.25, -0.2) is 15.8 Å². The molecule has 0 atom stereocenters. The van der Waals surface area contributed by atoms with E-state index in [-0.39, 0.29) is 0 Å². The van der Waals surface area contributed by atoms with Crippen LogP contribution in [0, 0.1) is 13.8 Å². The summed E-state index contributed by atoms with van der Waals surface area (Å²) in [5.74, 6) is 6.78. The molecule has 0 bridgehead atoms. The summed E-state index contributed by atoms with van der Waals surface area (Å²) >= 11 is 0. The van der Waals surface area contributed by atoms with Crippen LogP contribution in [0.2, 0.25) is 0 Å². The highest BCUT2D eigenvalue weighted by molar-refractivity contribution is 5.56. The average molecular weight is 243 g/mol. The van der Waals surface area contributed by atoms with E-state index in [4.69, 9.17) is 5.84 Å². The lowest BCUT2D eigenvalue weighted by Crippen LogP contribution is -2.13. The van der Waals surface area contributed by atoms with Crippen molar-refractivity contribution >= 4 is 5.82 Å². The third-order valence-corrected chi connectivity index (χ3v) is 2.85. The molecule has 2 aromatic heterocycles. The minimum Gasteiger partial charge on any atom is -0.308 e. The molecule has 2 aromatic rings. The van der Waals surface area contributed by atoms with Crippen molar-refractivity contribution in [3.8, 4) is 11.5 Å². The molecule has 0 saturated heterocycles. The zero-order valence-electron chi connectivity index (χ0n) is 10.9. The molecule has 5 heteroatoms. The molecule has 0 saturated carbocycles. The van der Waals surface area contributed by atoms with Crippen molar-refractivity contribution in [1.82, 2.24) is 15.0 Å². The summed E-state index contributed by atoms with van der Waals surface area (Å²) in [5, 5.41) is 0. The summed E-state index contributed by atoms with van der Waals surface area (Å²) < 4.78 is 0. The molecule has 94 valence electrons. The van der Waals surface area contributed by atoms with Gasteiger partial charge in [0.15, 0.2) is 5.82 Å². The zero-order chi connectivity index (χ0) is 13.1. The zero-order valence-corrected chi connectivity index (χ0v) is 10.9. The van der Waals surface area contributed by atoms with Gasteiger partial charge in [-0.05, 0) is 38.0 Å². The van der Waals surface area contributed by atoms with E-state index in [1.165, 1.54) is 0 Å². The summed E-state index contributed by atoms with van der Waals surface area (Å²) in [5.41, 5.74) is 6.49. The van der Waals surface area contributed by atoms with Gasteiger partial charge < -0.3 is 5.43 Å². The van der Waals surface area contributed by atoms with E-state index in [0.717, 1.165) is 28.9 Å². The van der Waals surface area contributed by atoms with Gasteiger partial charge in [0.1, 0.15) is 11.5 Å². The maximum atomic E-state index is 5.51. The second-order valence-electron chi connectivity index (χ2n) is 4.18. The van der Waals surface area contributed by atoms with Crippen LogP contribution in [0.5, 0.6) is 0 Å². The van der Waals surface area contributed by atoms with Gasteiger partial charge >= 0.3 is 0 Å². The Hall–Kier alpha value is -2.01. The first-order valence-corrected chi connectivity index (χ1v) is 5.92. The third-order valence-electron chi connectivity index (χ3n) is 2.85. The van der Waals surface area contributed by atoms with Crippen molar-refractivity contribution in [2.45, 2.75) is 27.2 Å². The maximum absolute atomic E-state index is 5.51. The Morgan fingerprint density at radius 1 is 1.28 bits per heavy atom. The highest BCUT2D eigenvalue weighted by Crippen LogP contribution is 2.21. The lowest BCUT2D eigenvalue weighted by molar-refractivity contribution is 0.988. The monoisotopic (exact) mass is 243 g/mol. The Labute approximate surface area is 106 Å². The van der Waals surface area contributed by atoms with Crippen LogP contribution in [-0.2, 0) is 6.42 Å². The highest BCUT2D eigenvalue weighted by Gasteiger charge is 2.11. The summed E-state index contributed by atoms with van der Waals surface area (Å²) in [6.07, 6.45) is 2.60. The number of aromatic nitrogens is 3. The minimum absolute atomic E-state index is 0.598. The number of anilines is 1. The van der Waals surface area contributed by atoms with Gasteiger partial charge in [-0.1, -0.05) is 6.92 Å². The molecule has 0 aliphatic carbocycles. The number of nitrogens with two attached hydrogens (primary N) is 1. The molecule has 5 nitrogen and oxygen atoms in total. The van der Waals surface area contributed by atoms with Gasteiger partial charge in [0.25, 0.3) is 0 Å². The quantitative estimate of drug-likeness (QED) is 0.637. The fourth-order valence-electron chi connectivity index (χ4n) is 1.91. The van der Waals surface area contributed by atoms with Gasteiger partial charge in [0.2, 0.25) is 0 Å². The van der Waals surface area contributed by atoms with Crippen LogP contribution in [-0.4, -0.2) is 15.0 Å². The summed E-state index contributed by atoms with van der Waals surface area (Å²) in [4.78, 5) is 13.2. The topological polar surface area (TPSA) is 76.7 Å². The molecule has 0 aromatic carbocycles. The number of nitrogens with zero attached hydrogens (tertiary/aromatic N) is 3. The molecular formula is C13H17N5. The van der Waals surface area contributed by atoms with Crippen LogP contribution in [0.1, 0.15) is 23.7 Å². The number of rotatable bonds is 3. The average Bonchev–Trinajstić information content (AvgIpc) is 2.37. The van der Waals surface area contributed by atoms with Gasteiger partial charge in [-0.2, -0.15) is 0 Å². The molecule has 3 N–H and O–H groups in total. The molecule has 0 unspecified atom stereocenters. The number of hydrazine groups is 1. The van der Waals surface area contributed by atoms with Crippen LogP contribution < -0.4 is 11.3 Å². The first-order valence-electron chi connectivity index (χ1n) is 5.92. The normalized spacial score (nSPS) is 10.4. The molecular weight excluding hydrogens is 226 g/mol. The van der Waals surface area contributed by atoms with Gasteiger partial charge in [0.05, 0.1) is 0 Å². The lowest BCUT2D eigenvalue weighted by atomic mass is 10.1. The predicted octanol–water partition coefficient (Wildman–Crippen LogP) is 2.00. The van der Waals surface area contributed by atoms with Gasteiger partial charge in [0, 0.05) is 17.5 Å². The molecule has 0 spiro atoms. The van der Waals surface area contributed by atoms with E-state index in [1.54, 1.807) is 6.20 Å². The van der Waals surface area contributed by atoms with Crippen LogP contribution in [0.3, 0.4) is 0 Å². The minimum atomic E-state index is 0.598. The maximum Gasteiger partial charge on any atom is 0.180 e. The molecule has 0 aliphatic heterocycles. The lowest BCUT2D eigenvalue weighted by Gasteiger charge is -2.11. The van der Waals surface area contributed by atoms with E-state index in [2.05, 4.69) is 27.3 Å². The summed E-state index contributed by atoms with van der Waals surface area (Å²) in [7, 11) is 0. The number of hydrogen-bond donors (Lipinski definition) is 2. The van der Waals surface area contributed by atoms with Crippen molar-refractivity contribution in [2.24, 2.45) is 5.84 Å². The van der Waals surface area contributed by atoms with Crippen LogP contribution in [0.25, 0.3) is 11.5 Å². The highest BCUT2D eigenvalue weighted by atomic mass is 15.3. The molecule has 0 aliphatic rings. The van der Waals surface area contributed by atoms with E-state index < -0.39 is 0 Å². The molecule has 18 heavy (non-hydrogen) atoms. The first kappa shape index (κ1) is 12.4. The number of nitrogen functional groups attached to an aromatic ring is 1. The first-order chi connectivity index (χ1) is 8.65. The molecule has 2 heterocycles. The van der Waals surface area contributed by atoms with Crippen LogP contribution in [0.4, 0.5) is 5.82 Å². The largest absolute Gasteiger partial charge is 0.308 e. The van der Waals surface area contributed by atoms with E-state index in [9.17, 15) is 0 Å². The van der Waals surface area contributed by atoms with Crippen molar-refractivity contribution in [2.75, 3.05) is 5.43 Å². The predicted molar refractivity (Wildman–Crippen MR) is 71.9 cm³/mol.